The lowest BCUT2D eigenvalue weighted by molar-refractivity contribution is 0.0681. The molecule has 5 nitrogen and oxygen atoms in total. The summed E-state index contributed by atoms with van der Waals surface area (Å²) in [6.07, 6.45) is -3.16. The molecule has 0 saturated carbocycles. The maximum atomic E-state index is 12.3. The minimum absolute atomic E-state index is 0.582. The standard InChI is InChI=1S/C8H4F2N2O3/c9-7(10)6-5(8(14)15)3(2-11)1-4(13)12-6/h1,7H,(H,12,13)(H,14,15). The van der Waals surface area contributed by atoms with Gasteiger partial charge in [0.25, 0.3) is 6.43 Å². The van der Waals surface area contributed by atoms with Gasteiger partial charge in [0.05, 0.1) is 5.56 Å². The van der Waals surface area contributed by atoms with Crippen LogP contribution in [0, 0.1) is 11.3 Å². The molecule has 15 heavy (non-hydrogen) atoms. The second-order valence-corrected chi connectivity index (χ2v) is 2.55. The zero-order valence-corrected chi connectivity index (χ0v) is 7.12. The predicted octanol–water partition coefficient (Wildman–Crippen LogP) is 0.882. The van der Waals surface area contributed by atoms with E-state index in [0.29, 0.717) is 6.07 Å². The maximum absolute atomic E-state index is 12.3. The van der Waals surface area contributed by atoms with E-state index in [1.165, 1.54) is 6.07 Å². The number of carboxylic acids is 1. The average molecular weight is 214 g/mol. The van der Waals surface area contributed by atoms with Gasteiger partial charge in [-0.15, -0.1) is 0 Å². The molecular formula is C8H4F2N2O3. The van der Waals surface area contributed by atoms with E-state index in [0.717, 1.165) is 0 Å². The first-order valence-corrected chi connectivity index (χ1v) is 3.66. The molecule has 0 atom stereocenters. The Labute approximate surface area is 81.6 Å². The number of halogens is 2. The van der Waals surface area contributed by atoms with Crippen molar-refractivity contribution in [1.82, 2.24) is 4.98 Å². The maximum Gasteiger partial charge on any atom is 0.339 e. The fourth-order valence-corrected chi connectivity index (χ4v) is 1.06. The van der Waals surface area contributed by atoms with Crippen LogP contribution in [-0.4, -0.2) is 16.1 Å². The van der Waals surface area contributed by atoms with Gasteiger partial charge < -0.3 is 10.1 Å². The number of nitrogens with zero attached hydrogens (tertiary/aromatic N) is 1. The monoisotopic (exact) mass is 214 g/mol. The van der Waals surface area contributed by atoms with E-state index in [2.05, 4.69) is 0 Å². The minimum Gasteiger partial charge on any atom is -0.478 e. The topological polar surface area (TPSA) is 94.0 Å². The van der Waals surface area contributed by atoms with Crippen molar-refractivity contribution in [3.8, 4) is 6.07 Å². The lowest BCUT2D eigenvalue weighted by Gasteiger charge is -2.05. The van der Waals surface area contributed by atoms with Crippen molar-refractivity contribution >= 4 is 5.97 Å². The van der Waals surface area contributed by atoms with Gasteiger partial charge in [-0.05, 0) is 0 Å². The molecule has 7 heteroatoms. The molecule has 2 N–H and O–H groups in total. The van der Waals surface area contributed by atoms with Crippen LogP contribution in [-0.2, 0) is 0 Å². The van der Waals surface area contributed by atoms with Crippen LogP contribution in [0.3, 0.4) is 0 Å². The molecule has 0 aliphatic carbocycles. The van der Waals surface area contributed by atoms with Gasteiger partial charge in [0.2, 0.25) is 5.56 Å². The Morgan fingerprint density at radius 2 is 2.20 bits per heavy atom. The number of rotatable bonds is 2. The third kappa shape index (κ3) is 1.99. The van der Waals surface area contributed by atoms with Crippen LogP contribution < -0.4 is 5.56 Å². The summed E-state index contributed by atoms with van der Waals surface area (Å²) >= 11 is 0. The van der Waals surface area contributed by atoms with Gasteiger partial charge in [0.15, 0.2) is 0 Å². The lowest BCUT2D eigenvalue weighted by atomic mass is 10.1. The van der Waals surface area contributed by atoms with Crippen LogP contribution >= 0.6 is 0 Å². The average Bonchev–Trinajstić information content (AvgIpc) is 2.15. The second-order valence-electron chi connectivity index (χ2n) is 2.55. The molecule has 0 amide bonds. The van der Waals surface area contributed by atoms with Crippen molar-refractivity contribution in [2.45, 2.75) is 6.43 Å². The van der Waals surface area contributed by atoms with Crippen LogP contribution in [0.25, 0.3) is 0 Å². The fraction of sp³-hybridized carbons (Fsp3) is 0.125. The summed E-state index contributed by atoms with van der Waals surface area (Å²) in [7, 11) is 0. The molecule has 1 aromatic rings. The number of hydrogen-bond donors (Lipinski definition) is 2. The fourth-order valence-electron chi connectivity index (χ4n) is 1.06. The molecule has 0 spiro atoms. The second kappa shape index (κ2) is 3.88. The van der Waals surface area contributed by atoms with Crippen molar-refractivity contribution in [3.05, 3.63) is 33.2 Å². The molecular weight excluding hydrogens is 210 g/mol. The highest BCUT2D eigenvalue weighted by Gasteiger charge is 2.23. The molecule has 1 aromatic heterocycles. The van der Waals surface area contributed by atoms with Crippen LogP contribution in [0.1, 0.15) is 28.0 Å². The summed E-state index contributed by atoms with van der Waals surface area (Å²) in [4.78, 5) is 23.1. The largest absolute Gasteiger partial charge is 0.478 e. The summed E-state index contributed by atoms with van der Waals surface area (Å²) in [5, 5.41) is 17.1. The molecule has 0 radical (unpaired) electrons. The van der Waals surface area contributed by atoms with Gasteiger partial charge in [-0.1, -0.05) is 0 Å². The highest BCUT2D eigenvalue weighted by atomic mass is 19.3. The number of pyridine rings is 1. The van der Waals surface area contributed by atoms with Crippen LogP contribution in [0.15, 0.2) is 10.9 Å². The molecule has 78 valence electrons. The molecule has 0 unspecified atom stereocenters. The number of nitrogens with one attached hydrogen (secondary N) is 1. The summed E-state index contributed by atoms with van der Waals surface area (Å²) < 4.78 is 24.7. The molecule has 0 bridgehead atoms. The summed E-state index contributed by atoms with van der Waals surface area (Å²) in [5.41, 5.74) is -3.44. The Hall–Kier alpha value is -2.23. The molecule has 0 saturated heterocycles. The number of aromatic carboxylic acids is 1. The number of hydrogen-bond acceptors (Lipinski definition) is 3. The summed E-state index contributed by atoms with van der Waals surface area (Å²) in [5.74, 6) is -1.68. The third-order valence-electron chi connectivity index (χ3n) is 1.62. The van der Waals surface area contributed by atoms with Crippen molar-refractivity contribution in [2.24, 2.45) is 0 Å². The molecule has 0 aliphatic rings. The van der Waals surface area contributed by atoms with E-state index in [4.69, 9.17) is 10.4 Å². The van der Waals surface area contributed by atoms with Crippen molar-refractivity contribution in [3.63, 3.8) is 0 Å². The first kappa shape index (κ1) is 10.8. The van der Waals surface area contributed by atoms with Gasteiger partial charge in [-0.3, -0.25) is 4.79 Å². The van der Waals surface area contributed by atoms with Crippen molar-refractivity contribution < 1.29 is 18.7 Å². The number of aromatic nitrogens is 1. The van der Waals surface area contributed by atoms with E-state index < -0.39 is 34.8 Å². The van der Waals surface area contributed by atoms with Gasteiger partial charge in [0.1, 0.15) is 17.3 Å². The zero-order chi connectivity index (χ0) is 11.6. The Morgan fingerprint density at radius 3 is 2.60 bits per heavy atom. The van der Waals surface area contributed by atoms with E-state index in [9.17, 15) is 18.4 Å². The Morgan fingerprint density at radius 1 is 1.60 bits per heavy atom. The van der Waals surface area contributed by atoms with Crippen molar-refractivity contribution in [1.29, 1.82) is 5.26 Å². The Bertz CT molecular complexity index is 502. The van der Waals surface area contributed by atoms with E-state index in [1.807, 2.05) is 0 Å². The van der Waals surface area contributed by atoms with Gasteiger partial charge in [-0.2, -0.15) is 5.26 Å². The lowest BCUT2D eigenvalue weighted by Crippen LogP contribution is -2.16. The number of H-pyrrole nitrogens is 1. The SMILES string of the molecule is N#Cc1cc(=O)[nH]c(C(F)F)c1C(=O)O. The summed E-state index contributed by atoms with van der Waals surface area (Å²) in [6.45, 7) is 0. The van der Waals surface area contributed by atoms with Gasteiger partial charge in [-0.25, -0.2) is 13.6 Å². The van der Waals surface area contributed by atoms with E-state index in [-0.39, 0.29) is 0 Å². The number of aromatic amines is 1. The zero-order valence-electron chi connectivity index (χ0n) is 7.12. The predicted molar refractivity (Wildman–Crippen MR) is 43.7 cm³/mol. The van der Waals surface area contributed by atoms with Crippen LogP contribution in [0.4, 0.5) is 8.78 Å². The Kier molecular flexibility index (Phi) is 2.80. The molecule has 1 rings (SSSR count). The van der Waals surface area contributed by atoms with Crippen molar-refractivity contribution in [2.75, 3.05) is 0 Å². The molecule has 1 heterocycles. The van der Waals surface area contributed by atoms with Crippen LogP contribution in [0.2, 0.25) is 0 Å². The highest BCUT2D eigenvalue weighted by Crippen LogP contribution is 2.21. The normalized spacial score (nSPS) is 10.0. The smallest absolute Gasteiger partial charge is 0.339 e. The number of nitriles is 1. The first-order valence-electron chi connectivity index (χ1n) is 3.66. The quantitative estimate of drug-likeness (QED) is 0.764. The molecule has 0 aromatic carbocycles. The molecule has 0 aliphatic heterocycles. The van der Waals surface area contributed by atoms with E-state index >= 15 is 0 Å². The van der Waals surface area contributed by atoms with Crippen LogP contribution in [0.5, 0.6) is 0 Å². The van der Waals surface area contributed by atoms with Gasteiger partial charge >= 0.3 is 5.97 Å². The Balaban J connectivity index is 3.64. The summed E-state index contributed by atoms with van der Waals surface area (Å²) in [6, 6.07) is 2.04. The van der Waals surface area contributed by atoms with E-state index in [1.54, 1.807) is 4.98 Å². The number of carboxylic acid groups (broad SMARTS) is 1. The molecule has 0 fully saturated rings. The first-order chi connectivity index (χ1) is 6.97. The highest BCUT2D eigenvalue weighted by molar-refractivity contribution is 5.91. The minimum atomic E-state index is -3.16. The third-order valence-corrected chi connectivity index (χ3v) is 1.62. The number of alkyl halides is 2. The van der Waals surface area contributed by atoms with Gasteiger partial charge in [0, 0.05) is 6.07 Å². The number of carbonyl (C=O) groups is 1.